The van der Waals surface area contributed by atoms with Crippen molar-refractivity contribution in [1.29, 1.82) is 0 Å². The second-order valence-electron chi connectivity index (χ2n) is 9.17. The van der Waals surface area contributed by atoms with E-state index in [2.05, 4.69) is 16.0 Å². The lowest BCUT2D eigenvalue weighted by Gasteiger charge is -2.15. The van der Waals surface area contributed by atoms with Crippen molar-refractivity contribution in [2.75, 3.05) is 24.9 Å². The largest absolute Gasteiger partial charge is 0.493 e. The van der Waals surface area contributed by atoms with Gasteiger partial charge >= 0.3 is 0 Å². The molecule has 0 aliphatic heterocycles. The molecule has 0 saturated carbocycles. The molecule has 1 unspecified atom stereocenters. The van der Waals surface area contributed by atoms with Gasteiger partial charge in [-0.15, -0.1) is 11.8 Å². The van der Waals surface area contributed by atoms with E-state index in [0.717, 1.165) is 0 Å². The van der Waals surface area contributed by atoms with E-state index < -0.39 is 22.9 Å². The minimum Gasteiger partial charge on any atom is -0.493 e. The van der Waals surface area contributed by atoms with Crippen molar-refractivity contribution in [2.24, 2.45) is 0 Å². The molecule has 0 heterocycles. The van der Waals surface area contributed by atoms with E-state index in [1.54, 1.807) is 91.9 Å². The number of thioether (sulfide) groups is 1. The Bertz CT molecular complexity index is 1640. The molecule has 3 N–H and O–H groups in total. The third-order valence-electron chi connectivity index (χ3n) is 6.17. The lowest BCUT2D eigenvalue weighted by molar-refractivity contribution is -0.115. The molecule has 43 heavy (non-hydrogen) atoms. The van der Waals surface area contributed by atoms with Crippen LogP contribution in [0.25, 0.3) is 6.08 Å². The van der Waals surface area contributed by atoms with Crippen molar-refractivity contribution in [3.63, 3.8) is 0 Å². The molecule has 0 aliphatic carbocycles. The van der Waals surface area contributed by atoms with Gasteiger partial charge in [-0.05, 0) is 61.5 Å². The number of benzene rings is 4. The molecule has 3 amide bonds. The quantitative estimate of drug-likeness (QED) is 0.137. The van der Waals surface area contributed by atoms with Crippen molar-refractivity contribution in [3.05, 3.63) is 120 Å². The van der Waals surface area contributed by atoms with Crippen molar-refractivity contribution < 1.29 is 28.2 Å². The fourth-order valence-corrected chi connectivity index (χ4v) is 4.95. The average Bonchev–Trinajstić information content (AvgIpc) is 3.02. The molecule has 4 rings (SSSR count). The summed E-state index contributed by atoms with van der Waals surface area (Å²) in [6.45, 7) is 1.70. The lowest BCUT2D eigenvalue weighted by atomic mass is 10.1. The topological polar surface area (TPSA) is 106 Å². The van der Waals surface area contributed by atoms with Crippen LogP contribution in [0.15, 0.2) is 108 Å². The zero-order valence-electron chi connectivity index (χ0n) is 23.7. The number of carbonyl (C=O) groups is 3. The highest BCUT2D eigenvalue weighted by Crippen LogP contribution is 2.32. The Labute approximate surface area is 253 Å². The Hall–Kier alpha value is -5.09. The van der Waals surface area contributed by atoms with Crippen LogP contribution >= 0.6 is 11.8 Å². The number of amides is 3. The van der Waals surface area contributed by atoms with Gasteiger partial charge in [0.25, 0.3) is 11.8 Å². The van der Waals surface area contributed by atoms with Gasteiger partial charge in [0.2, 0.25) is 5.91 Å². The molecular weight excluding hydrogens is 569 g/mol. The second-order valence-corrected chi connectivity index (χ2v) is 10.6. The average molecular weight is 600 g/mol. The van der Waals surface area contributed by atoms with Gasteiger partial charge in [0.1, 0.15) is 11.5 Å². The Morgan fingerprint density at radius 2 is 1.56 bits per heavy atom. The maximum atomic E-state index is 14.0. The van der Waals surface area contributed by atoms with Crippen LogP contribution in [0.3, 0.4) is 0 Å². The third kappa shape index (κ3) is 8.23. The van der Waals surface area contributed by atoms with Gasteiger partial charge in [0, 0.05) is 21.7 Å². The number of halogens is 1. The first-order chi connectivity index (χ1) is 20.8. The fourth-order valence-electron chi connectivity index (χ4n) is 4.02. The van der Waals surface area contributed by atoms with Gasteiger partial charge in [-0.3, -0.25) is 14.4 Å². The summed E-state index contributed by atoms with van der Waals surface area (Å²) in [5, 5.41) is 7.55. The lowest BCUT2D eigenvalue weighted by Crippen LogP contribution is -2.30. The molecule has 8 nitrogen and oxygen atoms in total. The van der Waals surface area contributed by atoms with Gasteiger partial charge in [0.15, 0.2) is 11.5 Å². The molecule has 10 heteroatoms. The summed E-state index contributed by atoms with van der Waals surface area (Å²) >= 11 is 1.25. The van der Waals surface area contributed by atoms with Crippen LogP contribution in [-0.2, 0) is 9.59 Å². The molecule has 0 fully saturated rings. The first kappa shape index (κ1) is 30.9. The van der Waals surface area contributed by atoms with E-state index in [9.17, 15) is 18.8 Å². The first-order valence-corrected chi connectivity index (χ1v) is 14.1. The molecular formula is C33H30FN3O5S. The molecule has 0 radical (unpaired) electrons. The smallest absolute Gasteiger partial charge is 0.272 e. The van der Waals surface area contributed by atoms with Crippen molar-refractivity contribution in [1.82, 2.24) is 5.32 Å². The Kier molecular flexibility index (Phi) is 10.5. The Morgan fingerprint density at radius 3 is 2.28 bits per heavy atom. The molecule has 0 aromatic heterocycles. The van der Waals surface area contributed by atoms with Crippen molar-refractivity contribution >= 4 is 46.9 Å². The van der Waals surface area contributed by atoms with Crippen LogP contribution < -0.4 is 25.4 Å². The number of ether oxygens (including phenoxy) is 2. The summed E-state index contributed by atoms with van der Waals surface area (Å²) in [6.07, 6.45) is 1.51. The number of hydrogen-bond donors (Lipinski definition) is 3. The predicted octanol–water partition coefficient (Wildman–Crippen LogP) is 6.37. The maximum absolute atomic E-state index is 14.0. The van der Waals surface area contributed by atoms with Crippen LogP contribution in [0.2, 0.25) is 0 Å². The van der Waals surface area contributed by atoms with Gasteiger partial charge in [-0.2, -0.15) is 0 Å². The van der Waals surface area contributed by atoms with Crippen LogP contribution in [-0.4, -0.2) is 37.2 Å². The van der Waals surface area contributed by atoms with Gasteiger partial charge in [-0.1, -0.05) is 48.5 Å². The monoisotopic (exact) mass is 599 g/mol. The first-order valence-electron chi connectivity index (χ1n) is 13.2. The Morgan fingerprint density at radius 1 is 0.837 bits per heavy atom. The number of nitrogens with one attached hydrogen (secondary N) is 3. The van der Waals surface area contributed by atoms with Crippen LogP contribution in [0, 0.1) is 5.82 Å². The summed E-state index contributed by atoms with van der Waals surface area (Å²) in [7, 11) is 2.99. The minimum atomic E-state index is -0.582. The van der Waals surface area contributed by atoms with Gasteiger partial charge in [0.05, 0.1) is 25.2 Å². The fraction of sp³-hybridized carbons (Fsp3) is 0.121. The number of methoxy groups -OCH3 is 2. The van der Waals surface area contributed by atoms with Crippen LogP contribution in [0.1, 0.15) is 22.8 Å². The minimum absolute atomic E-state index is 0.0314. The molecule has 0 saturated heterocycles. The molecule has 4 aromatic carbocycles. The van der Waals surface area contributed by atoms with Gasteiger partial charge < -0.3 is 25.4 Å². The second kappa shape index (κ2) is 14.7. The van der Waals surface area contributed by atoms with E-state index >= 15 is 0 Å². The summed E-state index contributed by atoms with van der Waals surface area (Å²) in [5.41, 5.74) is 1.40. The Balaban J connectivity index is 1.55. The third-order valence-corrected chi connectivity index (χ3v) is 7.26. The number of carbonyl (C=O) groups excluding carboxylic acids is 3. The molecule has 0 spiro atoms. The highest BCUT2D eigenvalue weighted by Gasteiger charge is 2.19. The van der Waals surface area contributed by atoms with E-state index in [1.165, 1.54) is 44.2 Å². The summed E-state index contributed by atoms with van der Waals surface area (Å²) in [6, 6.07) is 26.6. The van der Waals surface area contributed by atoms with Crippen LogP contribution in [0.5, 0.6) is 11.5 Å². The molecule has 0 bridgehead atoms. The summed E-state index contributed by atoms with van der Waals surface area (Å²) in [4.78, 5) is 39.9. The molecule has 1 atom stereocenters. The zero-order valence-corrected chi connectivity index (χ0v) is 24.5. The number of rotatable bonds is 11. The maximum Gasteiger partial charge on any atom is 0.272 e. The number of hydrogen-bond acceptors (Lipinski definition) is 6. The van der Waals surface area contributed by atoms with Crippen LogP contribution in [0.4, 0.5) is 15.8 Å². The normalized spacial score (nSPS) is 11.7. The SMILES string of the molecule is COc1cccc(/C=C(/NC(=O)c2ccccc2)C(=O)Nc2cccc(SC(C)C(=O)Nc3ccccc3F)c2)c1OC. The summed E-state index contributed by atoms with van der Waals surface area (Å²) < 4.78 is 24.8. The molecule has 4 aromatic rings. The highest BCUT2D eigenvalue weighted by atomic mass is 32.2. The standard InChI is InChI=1S/C33H30FN3O5S/c1-21(31(38)36-27-17-8-7-16-26(27)34)43-25-15-10-14-24(20-25)35-33(40)28(37-32(39)22-11-5-4-6-12-22)19-23-13-9-18-29(41-2)30(23)42-3/h4-21H,1-3H3,(H,35,40)(H,36,38)(H,37,39)/b28-19+. The summed E-state index contributed by atoms with van der Waals surface area (Å²) in [5.74, 6) is -1.09. The van der Waals surface area contributed by atoms with E-state index in [-0.39, 0.29) is 17.3 Å². The highest BCUT2D eigenvalue weighted by molar-refractivity contribution is 8.00. The van der Waals surface area contributed by atoms with Gasteiger partial charge in [-0.25, -0.2) is 4.39 Å². The van der Waals surface area contributed by atoms with E-state index in [4.69, 9.17) is 9.47 Å². The number of para-hydroxylation sites is 2. The van der Waals surface area contributed by atoms with E-state index in [0.29, 0.717) is 33.2 Å². The molecule has 0 aliphatic rings. The predicted molar refractivity (Wildman–Crippen MR) is 167 cm³/mol. The zero-order chi connectivity index (χ0) is 30.8. The molecule has 220 valence electrons. The van der Waals surface area contributed by atoms with E-state index in [1.807, 2.05) is 0 Å². The van der Waals surface area contributed by atoms with Crippen molar-refractivity contribution in [3.8, 4) is 11.5 Å². The van der Waals surface area contributed by atoms with Crippen molar-refractivity contribution in [2.45, 2.75) is 17.1 Å². The number of anilines is 2.